The van der Waals surface area contributed by atoms with Crippen LogP contribution < -0.4 is 10.1 Å². The first-order valence-electron chi connectivity index (χ1n) is 9.29. The molecule has 0 aromatic heterocycles. The van der Waals surface area contributed by atoms with Crippen LogP contribution in [0.2, 0.25) is 0 Å². The number of carbonyl (C=O) groups is 2. The van der Waals surface area contributed by atoms with E-state index in [1.165, 1.54) is 5.56 Å². The fourth-order valence-electron chi connectivity index (χ4n) is 3.48. The van der Waals surface area contributed by atoms with E-state index in [9.17, 15) is 9.59 Å². The summed E-state index contributed by atoms with van der Waals surface area (Å²) in [6.45, 7) is 2.54. The summed E-state index contributed by atoms with van der Waals surface area (Å²) in [5.74, 6) is -0.462. The third-order valence-electron chi connectivity index (χ3n) is 5.07. The van der Waals surface area contributed by atoms with Crippen molar-refractivity contribution in [1.29, 1.82) is 0 Å². The van der Waals surface area contributed by atoms with E-state index in [1.54, 1.807) is 0 Å². The van der Waals surface area contributed by atoms with Gasteiger partial charge in [0.1, 0.15) is 12.4 Å². The third-order valence-corrected chi connectivity index (χ3v) is 5.07. The molecule has 1 amide bonds. The van der Waals surface area contributed by atoms with Gasteiger partial charge in [0.15, 0.2) is 0 Å². The second kappa shape index (κ2) is 8.71. The Morgan fingerprint density at radius 1 is 1.15 bits per heavy atom. The third kappa shape index (κ3) is 5.33. The summed E-state index contributed by atoms with van der Waals surface area (Å²) in [6, 6.07) is 15.6. The Hall–Kier alpha value is -2.82. The number of nitrogens with one attached hydrogen (secondary N) is 1. The molecule has 2 aromatic carbocycles. The summed E-state index contributed by atoms with van der Waals surface area (Å²) in [6.07, 6.45) is 2.13. The van der Waals surface area contributed by atoms with Crippen molar-refractivity contribution >= 4 is 11.9 Å². The lowest BCUT2D eigenvalue weighted by Gasteiger charge is -2.13. The number of aryl methyl sites for hydroxylation is 1. The topological polar surface area (TPSA) is 75.6 Å². The summed E-state index contributed by atoms with van der Waals surface area (Å²) in [5, 5.41) is 12.0. The molecule has 2 N–H and O–H groups in total. The first kappa shape index (κ1) is 19.0. The number of amides is 1. The number of ether oxygens (including phenoxy) is 1. The number of carbonyl (C=O) groups excluding carboxylic acids is 1. The van der Waals surface area contributed by atoms with E-state index >= 15 is 0 Å². The van der Waals surface area contributed by atoms with Crippen LogP contribution in [0.25, 0.3) is 0 Å². The van der Waals surface area contributed by atoms with Gasteiger partial charge in [0.05, 0.1) is 12.3 Å². The number of hydrogen-bond donors (Lipinski definition) is 2. The number of carboxylic acid groups (broad SMARTS) is 1. The summed E-state index contributed by atoms with van der Waals surface area (Å²) in [7, 11) is 0. The van der Waals surface area contributed by atoms with E-state index in [0.717, 1.165) is 23.3 Å². The highest BCUT2D eigenvalue weighted by Crippen LogP contribution is 2.25. The van der Waals surface area contributed by atoms with Gasteiger partial charge < -0.3 is 15.2 Å². The van der Waals surface area contributed by atoms with Gasteiger partial charge in [-0.2, -0.15) is 0 Å². The standard InChI is InChI=1S/C22H25NO4/c1-15-5-2-3-7-18(15)14-27-20-8-4-6-16(11-20)12-21(24)23-19-10-9-17(13-19)22(25)26/h2-8,11,17,19H,9-10,12-14H2,1H3,(H,23,24)(H,25,26)/t17-,19+/m1/s1. The van der Waals surface area contributed by atoms with Crippen LogP contribution in [0.3, 0.4) is 0 Å². The second-order valence-corrected chi connectivity index (χ2v) is 7.15. The van der Waals surface area contributed by atoms with Gasteiger partial charge in [-0.3, -0.25) is 9.59 Å². The van der Waals surface area contributed by atoms with Crippen LogP contribution in [-0.2, 0) is 22.6 Å². The van der Waals surface area contributed by atoms with E-state index in [0.29, 0.717) is 19.4 Å². The van der Waals surface area contributed by atoms with Crippen LogP contribution in [0.1, 0.15) is 36.0 Å². The molecular weight excluding hydrogens is 342 g/mol. The number of rotatable bonds is 7. The lowest BCUT2D eigenvalue weighted by molar-refractivity contribution is -0.141. The zero-order valence-electron chi connectivity index (χ0n) is 15.5. The van der Waals surface area contributed by atoms with Crippen LogP contribution in [-0.4, -0.2) is 23.0 Å². The van der Waals surface area contributed by atoms with Crippen LogP contribution in [0.15, 0.2) is 48.5 Å². The molecular formula is C22H25NO4. The minimum absolute atomic E-state index is 0.0425. The van der Waals surface area contributed by atoms with Gasteiger partial charge in [-0.05, 0) is 55.0 Å². The Labute approximate surface area is 159 Å². The van der Waals surface area contributed by atoms with Crippen molar-refractivity contribution in [3.05, 3.63) is 65.2 Å². The zero-order valence-corrected chi connectivity index (χ0v) is 15.5. The molecule has 1 aliphatic carbocycles. The van der Waals surface area contributed by atoms with Crippen LogP contribution in [0.5, 0.6) is 5.75 Å². The van der Waals surface area contributed by atoms with Crippen LogP contribution in [0, 0.1) is 12.8 Å². The predicted molar refractivity (Wildman–Crippen MR) is 103 cm³/mol. The van der Waals surface area contributed by atoms with Gasteiger partial charge in [-0.25, -0.2) is 0 Å². The summed E-state index contributed by atoms with van der Waals surface area (Å²) < 4.78 is 5.87. The normalized spacial score (nSPS) is 18.9. The highest BCUT2D eigenvalue weighted by molar-refractivity contribution is 5.79. The molecule has 0 saturated heterocycles. The van der Waals surface area contributed by atoms with E-state index in [1.807, 2.05) is 42.5 Å². The molecule has 1 fully saturated rings. The molecule has 3 rings (SSSR count). The quantitative estimate of drug-likeness (QED) is 0.785. The molecule has 2 aromatic rings. The molecule has 5 nitrogen and oxygen atoms in total. The SMILES string of the molecule is Cc1ccccc1COc1cccc(CC(=O)N[C@H]2CC[C@@H](C(=O)O)C2)c1. The molecule has 0 spiro atoms. The Bertz CT molecular complexity index is 817. The molecule has 0 heterocycles. The van der Waals surface area contributed by atoms with E-state index in [4.69, 9.17) is 9.84 Å². The lowest BCUT2D eigenvalue weighted by atomic mass is 10.1. The average Bonchev–Trinajstić information content (AvgIpc) is 3.10. The van der Waals surface area contributed by atoms with Gasteiger partial charge in [0.25, 0.3) is 0 Å². The summed E-state index contributed by atoms with van der Waals surface area (Å²) in [5.41, 5.74) is 3.20. The van der Waals surface area contributed by atoms with Crippen LogP contribution in [0.4, 0.5) is 0 Å². The van der Waals surface area contributed by atoms with Crippen molar-refractivity contribution in [2.75, 3.05) is 0 Å². The molecule has 0 unspecified atom stereocenters. The van der Waals surface area contributed by atoms with Crippen molar-refractivity contribution in [3.63, 3.8) is 0 Å². The molecule has 2 atom stereocenters. The summed E-state index contributed by atoms with van der Waals surface area (Å²) in [4.78, 5) is 23.3. The number of carboxylic acids is 1. The highest BCUT2D eigenvalue weighted by Gasteiger charge is 2.30. The molecule has 0 aliphatic heterocycles. The minimum Gasteiger partial charge on any atom is -0.489 e. The van der Waals surface area contributed by atoms with Crippen molar-refractivity contribution in [1.82, 2.24) is 5.32 Å². The van der Waals surface area contributed by atoms with Gasteiger partial charge in [-0.15, -0.1) is 0 Å². The van der Waals surface area contributed by atoms with Gasteiger partial charge >= 0.3 is 5.97 Å². The monoisotopic (exact) mass is 367 g/mol. The fourth-order valence-corrected chi connectivity index (χ4v) is 3.48. The number of aliphatic carboxylic acids is 1. The van der Waals surface area contributed by atoms with Gasteiger partial charge in [0, 0.05) is 6.04 Å². The smallest absolute Gasteiger partial charge is 0.306 e. The Balaban J connectivity index is 1.52. The highest BCUT2D eigenvalue weighted by atomic mass is 16.5. The van der Waals surface area contributed by atoms with Crippen LogP contribution >= 0.6 is 0 Å². The molecule has 27 heavy (non-hydrogen) atoms. The first-order valence-corrected chi connectivity index (χ1v) is 9.29. The molecule has 0 bridgehead atoms. The zero-order chi connectivity index (χ0) is 19.2. The maximum atomic E-state index is 12.3. The van der Waals surface area contributed by atoms with Crippen molar-refractivity contribution in [2.45, 2.75) is 45.3 Å². The van der Waals surface area contributed by atoms with E-state index in [2.05, 4.69) is 18.3 Å². The Morgan fingerprint density at radius 2 is 1.96 bits per heavy atom. The largest absolute Gasteiger partial charge is 0.489 e. The van der Waals surface area contributed by atoms with E-state index in [-0.39, 0.29) is 24.3 Å². The minimum atomic E-state index is -0.773. The molecule has 1 saturated carbocycles. The molecule has 1 aliphatic rings. The van der Waals surface area contributed by atoms with Gasteiger partial charge in [-0.1, -0.05) is 36.4 Å². The molecule has 142 valence electrons. The second-order valence-electron chi connectivity index (χ2n) is 7.15. The van der Waals surface area contributed by atoms with E-state index < -0.39 is 5.97 Å². The maximum Gasteiger partial charge on any atom is 0.306 e. The predicted octanol–water partition coefficient (Wildman–Crippen LogP) is 3.49. The summed E-state index contributed by atoms with van der Waals surface area (Å²) >= 11 is 0. The average molecular weight is 367 g/mol. The molecule has 5 heteroatoms. The van der Waals surface area contributed by atoms with Crippen molar-refractivity contribution < 1.29 is 19.4 Å². The number of hydrogen-bond acceptors (Lipinski definition) is 3. The van der Waals surface area contributed by atoms with Crippen molar-refractivity contribution in [3.8, 4) is 5.75 Å². The maximum absolute atomic E-state index is 12.3. The molecule has 0 radical (unpaired) electrons. The Kier molecular flexibility index (Phi) is 6.12. The lowest BCUT2D eigenvalue weighted by Crippen LogP contribution is -2.34. The van der Waals surface area contributed by atoms with Gasteiger partial charge in [0.2, 0.25) is 5.91 Å². The number of benzene rings is 2. The Morgan fingerprint density at radius 3 is 2.70 bits per heavy atom. The fraction of sp³-hybridized carbons (Fsp3) is 0.364. The van der Waals surface area contributed by atoms with Crippen molar-refractivity contribution in [2.24, 2.45) is 5.92 Å². The first-order chi connectivity index (χ1) is 13.0.